The molecule has 1 aromatic heterocycles. The summed E-state index contributed by atoms with van der Waals surface area (Å²) in [6, 6.07) is 8.44. The number of anilines is 4. The minimum absolute atomic E-state index is 0.120. The van der Waals surface area contributed by atoms with E-state index in [9.17, 15) is 27.1 Å². The van der Waals surface area contributed by atoms with Crippen molar-refractivity contribution in [3.8, 4) is 0 Å². The summed E-state index contributed by atoms with van der Waals surface area (Å²) >= 11 is 0. The van der Waals surface area contributed by atoms with Gasteiger partial charge in [0.1, 0.15) is 11.1 Å². The Morgan fingerprint density at radius 3 is 2.38 bits per heavy atom. The Hall–Kier alpha value is -2.84. The van der Waals surface area contributed by atoms with E-state index in [1.807, 2.05) is 0 Å². The smallest absolute Gasteiger partial charge is 0.258 e. The van der Waals surface area contributed by atoms with Gasteiger partial charge in [0.05, 0.1) is 31.6 Å². The zero-order chi connectivity index (χ0) is 29.3. The first-order valence-electron chi connectivity index (χ1n) is 13.5. The van der Waals surface area contributed by atoms with Crippen LogP contribution in [0.2, 0.25) is 25.2 Å². The van der Waals surface area contributed by atoms with Gasteiger partial charge in [0, 0.05) is 50.8 Å². The molecule has 0 unspecified atom stereocenters. The fraction of sp³-hybridized carbons (Fsp3) is 0.577. The number of alkyl halides is 2. The predicted molar refractivity (Wildman–Crippen MR) is 156 cm³/mol. The van der Waals surface area contributed by atoms with Gasteiger partial charge >= 0.3 is 0 Å². The van der Waals surface area contributed by atoms with Crippen LogP contribution in [-0.4, -0.2) is 81.4 Å². The number of nitrogens with one attached hydrogen (secondary N) is 2. The first kappa shape index (κ1) is 30.1. The number of aromatic nitrogens is 2. The number of piperidine rings is 1. The van der Waals surface area contributed by atoms with Crippen molar-refractivity contribution in [1.82, 2.24) is 9.97 Å². The summed E-state index contributed by atoms with van der Waals surface area (Å²) in [6.45, 7) is 9.04. The number of hydrogen-bond acceptors (Lipinski definition) is 8. The second-order valence-corrected chi connectivity index (χ2v) is 18.9. The minimum Gasteiger partial charge on any atom is -0.395 e. The number of aliphatic hydroxyl groups excluding tert-OH is 1. The highest BCUT2D eigenvalue weighted by atomic mass is 32.2. The summed E-state index contributed by atoms with van der Waals surface area (Å²) in [5, 5.41) is 11.2. The molecular formula is C26H38F2N6O4SSi. The van der Waals surface area contributed by atoms with Crippen LogP contribution in [0, 0.1) is 6.92 Å². The van der Waals surface area contributed by atoms with Gasteiger partial charge in [-0.3, -0.25) is 9.52 Å². The highest BCUT2D eigenvalue weighted by Gasteiger charge is 2.35. The largest absolute Gasteiger partial charge is 0.395 e. The Morgan fingerprint density at radius 2 is 1.75 bits per heavy atom. The van der Waals surface area contributed by atoms with Crippen molar-refractivity contribution < 1.29 is 27.1 Å². The highest BCUT2D eigenvalue weighted by molar-refractivity contribution is 7.93. The van der Waals surface area contributed by atoms with Crippen molar-refractivity contribution in [2.24, 2.45) is 0 Å². The van der Waals surface area contributed by atoms with E-state index in [2.05, 4.69) is 38.0 Å². The third-order valence-electron chi connectivity index (χ3n) is 7.61. The fourth-order valence-electron chi connectivity index (χ4n) is 4.74. The third-order valence-corrected chi connectivity index (χ3v) is 12.5. The molecule has 2 saturated heterocycles. The van der Waals surface area contributed by atoms with Gasteiger partial charge in [-0.2, -0.15) is 4.98 Å². The second-order valence-electron chi connectivity index (χ2n) is 11.5. The molecule has 10 nitrogen and oxygen atoms in total. The standard InChI is InChI=1S/C26H38F2N6O4SSi/c1-18-15-23(31-25(29-18)34-9-7-26(27,28)8-10-34)30-24(36)21-6-5-20(32-39(37,38)19(2)17-35)16-22(21)33-11-13-40(3,4)14-12-33/h5-6,15-16,19,32,35H,7-14,17H2,1-4H3,(H,29,30,31,36)/t19-/m1/s1. The zero-order valence-corrected chi connectivity index (χ0v) is 25.2. The zero-order valence-electron chi connectivity index (χ0n) is 23.4. The van der Waals surface area contributed by atoms with Gasteiger partial charge in [-0.05, 0) is 44.1 Å². The van der Waals surface area contributed by atoms with Gasteiger partial charge in [0.25, 0.3) is 11.8 Å². The van der Waals surface area contributed by atoms with Gasteiger partial charge in [0.15, 0.2) is 0 Å². The Balaban J connectivity index is 1.61. The van der Waals surface area contributed by atoms with E-state index in [-0.39, 0.29) is 37.7 Å². The summed E-state index contributed by atoms with van der Waals surface area (Å²) in [4.78, 5) is 26.2. The molecule has 2 aromatic rings. The van der Waals surface area contributed by atoms with Crippen molar-refractivity contribution in [2.45, 2.75) is 63.0 Å². The first-order valence-corrected chi connectivity index (χ1v) is 18.5. The van der Waals surface area contributed by atoms with Crippen molar-refractivity contribution >= 4 is 47.1 Å². The average Bonchev–Trinajstić information content (AvgIpc) is 2.87. The van der Waals surface area contributed by atoms with E-state index in [0.717, 1.165) is 25.2 Å². The van der Waals surface area contributed by atoms with Crippen molar-refractivity contribution in [2.75, 3.05) is 52.6 Å². The number of rotatable bonds is 8. The molecule has 14 heteroatoms. The molecule has 2 aliphatic heterocycles. The molecule has 0 radical (unpaired) electrons. The molecule has 40 heavy (non-hydrogen) atoms. The van der Waals surface area contributed by atoms with Gasteiger partial charge in [-0.15, -0.1) is 0 Å². The molecule has 2 aliphatic rings. The van der Waals surface area contributed by atoms with Crippen LogP contribution in [0.15, 0.2) is 24.3 Å². The van der Waals surface area contributed by atoms with Crippen molar-refractivity contribution in [1.29, 1.82) is 0 Å². The van der Waals surface area contributed by atoms with Crippen LogP contribution in [0.3, 0.4) is 0 Å². The minimum atomic E-state index is -3.82. The van der Waals surface area contributed by atoms with Crippen LogP contribution in [-0.2, 0) is 10.0 Å². The van der Waals surface area contributed by atoms with Crippen molar-refractivity contribution in [3.63, 3.8) is 0 Å². The number of carbonyl (C=O) groups excluding carboxylic acids is 1. The number of hydrogen-bond donors (Lipinski definition) is 3. The maximum Gasteiger partial charge on any atom is 0.258 e. The van der Waals surface area contributed by atoms with E-state index >= 15 is 0 Å². The molecule has 220 valence electrons. The van der Waals surface area contributed by atoms with Crippen LogP contribution in [0.25, 0.3) is 0 Å². The summed E-state index contributed by atoms with van der Waals surface area (Å²) in [5.41, 5.74) is 1.85. The lowest BCUT2D eigenvalue weighted by atomic mass is 10.1. The Morgan fingerprint density at radius 1 is 1.10 bits per heavy atom. The molecule has 0 aliphatic carbocycles. The van der Waals surface area contributed by atoms with Gasteiger partial charge in [-0.25, -0.2) is 22.2 Å². The Bertz CT molecular complexity index is 1340. The molecule has 0 saturated carbocycles. The number of amides is 1. The number of carbonyl (C=O) groups is 1. The molecule has 0 bridgehead atoms. The van der Waals surface area contributed by atoms with Gasteiger partial charge < -0.3 is 20.2 Å². The SMILES string of the molecule is Cc1cc(NC(=O)c2ccc(NS(=O)(=O)[C@H](C)CO)cc2N2CC[Si](C)(C)CC2)nc(N2CCC(F)(F)CC2)n1. The molecule has 4 rings (SSSR count). The predicted octanol–water partition coefficient (Wildman–Crippen LogP) is 3.92. The lowest BCUT2D eigenvalue weighted by Gasteiger charge is -2.38. The number of nitrogens with zero attached hydrogens (tertiary/aromatic N) is 4. The van der Waals surface area contributed by atoms with Crippen LogP contribution >= 0.6 is 0 Å². The number of benzene rings is 1. The molecule has 1 aromatic carbocycles. The monoisotopic (exact) mass is 596 g/mol. The van der Waals surface area contributed by atoms with E-state index in [1.54, 1.807) is 30.0 Å². The van der Waals surface area contributed by atoms with E-state index in [4.69, 9.17) is 0 Å². The molecule has 1 atom stereocenters. The average molecular weight is 597 g/mol. The molecule has 2 fully saturated rings. The van der Waals surface area contributed by atoms with Gasteiger partial charge in [-0.1, -0.05) is 13.1 Å². The maximum atomic E-state index is 13.6. The summed E-state index contributed by atoms with van der Waals surface area (Å²) < 4.78 is 55.0. The van der Waals surface area contributed by atoms with Crippen LogP contribution in [0.4, 0.5) is 31.9 Å². The molecule has 1 amide bonds. The highest BCUT2D eigenvalue weighted by Crippen LogP contribution is 2.33. The second kappa shape index (κ2) is 11.6. The van der Waals surface area contributed by atoms with Crippen molar-refractivity contribution in [3.05, 3.63) is 35.5 Å². The summed E-state index contributed by atoms with van der Waals surface area (Å²) in [5.74, 6) is -2.58. The van der Waals surface area contributed by atoms with Crippen LogP contribution < -0.4 is 19.8 Å². The van der Waals surface area contributed by atoms with Crippen LogP contribution in [0.1, 0.15) is 35.8 Å². The number of halogens is 2. The van der Waals surface area contributed by atoms with Gasteiger partial charge in [0.2, 0.25) is 16.0 Å². The lowest BCUT2D eigenvalue weighted by molar-refractivity contribution is -0.0222. The number of aliphatic hydroxyl groups is 1. The Labute approximate surface area is 235 Å². The number of aryl methyl sites for hydroxylation is 1. The normalized spacial score (nSPS) is 19.7. The molecule has 0 spiro atoms. The summed E-state index contributed by atoms with van der Waals surface area (Å²) in [6.07, 6.45) is -0.559. The third kappa shape index (κ3) is 7.26. The van der Waals surface area contributed by atoms with Crippen LogP contribution in [0.5, 0.6) is 0 Å². The lowest BCUT2D eigenvalue weighted by Crippen LogP contribution is -2.43. The molecule has 3 heterocycles. The van der Waals surface area contributed by atoms with E-state index < -0.39 is 41.8 Å². The Kier molecular flexibility index (Phi) is 8.71. The first-order chi connectivity index (χ1) is 18.7. The quantitative estimate of drug-likeness (QED) is 0.392. The molecule has 3 N–H and O–H groups in total. The molecular weight excluding hydrogens is 558 g/mol. The fourth-order valence-corrected chi connectivity index (χ4v) is 7.59. The number of sulfonamides is 1. The maximum absolute atomic E-state index is 13.6. The van der Waals surface area contributed by atoms with E-state index in [0.29, 0.717) is 22.6 Å². The topological polar surface area (TPSA) is 128 Å². The van der Waals surface area contributed by atoms with E-state index in [1.165, 1.54) is 13.0 Å². The summed E-state index contributed by atoms with van der Waals surface area (Å²) in [7, 11) is -5.15.